The van der Waals surface area contributed by atoms with Gasteiger partial charge in [0.25, 0.3) is 0 Å². The normalized spacial score (nSPS) is 23.7. The molecule has 2 atom stereocenters. The van der Waals surface area contributed by atoms with Gasteiger partial charge in [-0.15, -0.1) is 0 Å². The Kier molecular flexibility index (Phi) is 5.32. The Labute approximate surface area is 114 Å². The van der Waals surface area contributed by atoms with Crippen molar-refractivity contribution in [3.63, 3.8) is 0 Å². The summed E-state index contributed by atoms with van der Waals surface area (Å²) in [6, 6.07) is 0.0774. The van der Waals surface area contributed by atoms with E-state index in [1.807, 2.05) is 20.8 Å². The Bertz CT molecular complexity index is 349. The van der Waals surface area contributed by atoms with Gasteiger partial charge in [0.15, 0.2) is 0 Å². The van der Waals surface area contributed by atoms with Gasteiger partial charge in [0.05, 0.1) is 25.3 Å². The first-order valence-electron chi connectivity index (χ1n) is 6.56. The zero-order valence-electron chi connectivity index (χ0n) is 12.1. The summed E-state index contributed by atoms with van der Waals surface area (Å²) >= 11 is 0. The number of nitrogens with zero attached hydrogens (tertiary/aromatic N) is 2. The quantitative estimate of drug-likeness (QED) is 0.603. The molecule has 1 saturated heterocycles. The monoisotopic (exact) mass is 268 g/mol. The summed E-state index contributed by atoms with van der Waals surface area (Å²) in [5.74, 6) is 0.461. The molecule has 0 saturated carbocycles. The first kappa shape index (κ1) is 15.5. The summed E-state index contributed by atoms with van der Waals surface area (Å²) in [5, 5.41) is 9.40. The van der Waals surface area contributed by atoms with Gasteiger partial charge in [-0.3, -0.25) is 10.4 Å². The van der Waals surface area contributed by atoms with Crippen LogP contribution in [0, 0.1) is 11.3 Å². The van der Waals surface area contributed by atoms with E-state index in [2.05, 4.69) is 17.2 Å². The molecule has 2 N–H and O–H groups in total. The molecule has 0 unspecified atom stereocenters. The van der Waals surface area contributed by atoms with E-state index in [1.165, 1.54) is 6.34 Å². The van der Waals surface area contributed by atoms with E-state index in [4.69, 9.17) is 10.1 Å². The minimum atomic E-state index is -0.474. The predicted molar refractivity (Wildman–Crippen MR) is 75.8 cm³/mol. The molecule has 1 heterocycles. The number of ether oxygens (including phenoxy) is 1. The van der Waals surface area contributed by atoms with Crippen LogP contribution in [-0.4, -0.2) is 48.4 Å². The summed E-state index contributed by atoms with van der Waals surface area (Å²) in [4.78, 5) is 18.0. The van der Waals surface area contributed by atoms with Crippen LogP contribution in [0.25, 0.3) is 0 Å². The molecule has 0 spiro atoms. The second kappa shape index (κ2) is 6.54. The van der Waals surface area contributed by atoms with Crippen molar-refractivity contribution in [1.82, 2.24) is 10.2 Å². The minimum Gasteiger partial charge on any atom is -0.444 e. The maximum Gasteiger partial charge on any atom is 0.410 e. The van der Waals surface area contributed by atoms with Crippen molar-refractivity contribution in [3.05, 3.63) is 0 Å². The molecular weight excluding hydrogens is 244 g/mol. The Morgan fingerprint density at radius 2 is 2.26 bits per heavy atom. The van der Waals surface area contributed by atoms with Gasteiger partial charge in [-0.1, -0.05) is 6.92 Å². The van der Waals surface area contributed by atoms with Crippen LogP contribution in [0.15, 0.2) is 4.99 Å². The van der Waals surface area contributed by atoms with E-state index in [0.29, 0.717) is 19.0 Å². The van der Waals surface area contributed by atoms with E-state index in [-0.39, 0.29) is 12.1 Å². The largest absolute Gasteiger partial charge is 0.444 e. The van der Waals surface area contributed by atoms with Crippen LogP contribution < -0.4 is 5.32 Å². The van der Waals surface area contributed by atoms with Gasteiger partial charge >= 0.3 is 6.09 Å². The molecule has 108 valence electrons. The van der Waals surface area contributed by atoms with Crippen LogP contribution in [-0.2, 0) is 4.74 Å². The van der Waals surface area contributed by atoms with Crippen molar-refractivity contribution in [2.75, 3.05) is 13.1 Å². The van der Waals surface area contributed by atoms with Crippen LogP contribution in [0.3, 0.4) is 0 Å². The highest BCUT2D eigenvalue weighted by atomic mass is 16.6. The zero-order chi connectivity index (χ0) is 14.5. The molecule has 6 heteroatoms. The summed E-state index contributed by atoms with van der Waals surface area (Å²) in [6.45, 7) is 8.97. The molecule has 0 aromatic rings. The van der Waals surface area contributed by atoms with Gasteiger partial charge in [-0.2, -0.15) is 0 Å². The molecule has 6 nitrogen and oxygen atoms in total. The van der Waals surface area contributed by atoms with Crippen molar-refractivity contribution in [2.45, 2.75) is 45.8 Å². The lowest BCUT2D eigenvalue weighted by Crippen LogP contribution is -2.41. The third-order valence-electron chi connectivity index (χ3n) is 2.82. The summed E-state index contributed by atoms with van der Waals surface area (Å²) in [5.41, 5.74) is -0.474. The second-order valence-corrected chi connectivity index (χ2v) is 5.93. The van der Waals surface area contributed by atoms with Crippen molar-refractivity contribution < 1.29 is 9.53 Å². The number of hydrogen-bond donors (Lipinski definition) is 2. The fourth-order valence-corrected chi connectivity index (χ4v) is 2.13. The number of amides is 1. The number of hydrogen-bond acceptors (Lipinski definition) is 4. The van der Waals surface area contributed by atoms with Gasteiger partial charge in [0, 0.05) is 6.54 Å². The molecule has 0 aromatic heterocycles. The smallest absolute Gasteiger partial charge is 0.410 e. The van der Waals surface area contributed by atoms with Gasteiger partial charge < -0.3 is 15.0 Å². The zero-order valence-corrected chi connectivity index (χ0v) is 12.1. The Morgan fingerprint density at radius 3 is 2.84 bits per heavy atom. The van der Waals surface area contributed by atoms with Crippen molar-refractivity contribution in [2.24, 2.45) is 10.9 Å². The number of carbonyl (C=O) groups is 1. The molecule has 0 aliphatic carbocycles. The van der Waals surface area contributed by atoms with Crippen molar-refractivity contribution in [3.8, 4) is 0 Å². The number of aliphatic imine (C=N–C) groups is 1. The summed E-state index contributed by atoms with van der Waals surface area (Å²) in [6.07, 6.45) is 3.20. The molecule has 0 bridgehead atoms. The van der Waals surface area contributed by atoms with Gasteiger partial charge in [-0.25, -0.2) is 4.79 Å². The Morgan fingerprint density at radius 1 is 1.58 bits per heavy atom. The Balaban J connectivity index is 2.58. The predicted octanol–water partition coefficient (Wildman–Crippen LogP) is 1.86. The molecule has 1 aliphatic heterocycles. The lowest BCUT2D eigenvalue weighted by Gasteiger charge is -2.27. The minimum absolute atomic E-state index is 0.0774. The summed E-state index contributed by atoms with van der Waals surface area (Å²) < 4.78 is 5.41. The lowest BCUT2D eigenvalue weighted by molar-refractivity contribution is 0.0228. The molecule has 0 aromatic carbocycles. The van der Waals surface area contributed by atoms with Crippen LogP contribution >= 0.6 is 0 Å². The number of nitrogens with one attached hydrogen (secondary N) is 2. The average Bonchev–Trinajstić information content (AvgIpc) is 2.64. The number of rotatable bonds is 4. The highest BCUT2D eigenvalue weighted by Gasteiger charge is 2.35. The van der Waals surface area contributed by atoms with Gasteiger partial charge in [0.1, 0.15) is 5.60 Å². The molecule has 1 amide bonds. The van der Waals surface area contributed by atoms with Crippen LogP contribution in [0.5, 0.6) is 0 Å². The molecule has 1 rings (SSSR count). The maximum atomic E-state index is 12.1. The first-order chi connectivity index (χ1) is 8.83. The molecule has 1 fully saturated rings. The third kappa shape index (κ3) is 5.28. The summed E-state index contributed by atoms with van der Waals surface area (Å²) in [7, 11) is 0. The van der Waals surface area contributed by atoms with Crippen LogP contribution in [0.1, 0.15) is 34.1 Å². The number of likely N-dealkylation sites (tertiary alicyclic amines) is 1. The van der Waals surface area contributed by atoms with Gasteiger partial charge in [0.2, 0.25) is 0 Å². The molecule has 0 radical (unpaired) electrons. The Hall–Kier alpha value is -1.59. The van der Waals surface area contributed by atoms with Crippen molar-refractivity contribution in [1.29, 1.82) is 5.41 Å². The van der Waals surface area contributed by atoms with E-state index in [9.17, 15) is 4.79 Å². The standard InChI is InChI=1S/C13H24N4O2/c1-10-5-11(6-15-9-16-8-14)17(7-10)12(18)19-13(2,3)4/h8-11H,5-7H2,1-4H3,(H2,14,15,16)/t10-,11+/m1/s1. The third-order valence-corrected chi connectivity index (χ3v) is 2.82. The SMILES string of the molecule is C[C@@H]1C[C@@H](CN=CNC=N)N(C(=O)OC(C)(C)C)C1. The molecule has 19 heavy (non-hydrogen) atoms. The first-order valence-corrected chi connectivity index (χ1v) is 6.56. The molecule has 1 aliphatic rings. The van der Waals surface area contributed by atoms with Gasteiger partial charge in [-0.05, 0) is 33.1 Å². The highest BCUT2D eigenvalue weighted by molar-refractivity contribution is 5.73. The second-order valence-electron chi connectivity index (χ2n) is 5.93. The number of carbonyl (C=O) groups excluding carboxylic acids is 1. The van der Waals surface area contributed by atoms with E-state index in [1.54, 1.807) is 4.90 Å². The fraction of sp³-hybridized carbons (Fsp3) is 0.769. The fourth-order valence-electron chi connectivity index (χ4n) is 2.13. The van der Waals surface area contributed by atoms with Crippen LogP contribution in [0.4, 0.5) is 4.79 Å². The highest BCUT2D eigenvalue weighted by Crippen LogP contribution is 2.25. The van der Waals surface area contributed by atoms with Crippen molar-refractivity contribution >= 4 is 18.8 Å². The van der Waals surface area contributed by atoms with Crippen LogP contribution in [0.2, 0.25) is 0 Å². The lowest BCUT2D eigenvalue weighted by atomic mass is 10.1. The van der Waals surface area contributed by atoms with E-state index in [0.717, 1.165) is 12.8 Å². The maximum absolute atomic E-state index is 12.1. The average molecular weight is 268 g/mol. The molecular formula is C13H24N4O2. The van der Waals surface area contributed by atoms with E-state index < -0.39 is 5.60 Å². The van der Waals surface area contributed by atoms with E-state index >= 15 is 0 Å². The topological polar surface area (TPSA) is 77.8 Å².